The standard InChI is InChI=1S/C10H13N3O/c1-7-5-11-13-6-9(3-4-14)8(2)12-10(7)13/h5-6,14H,3-4H2,1-2H3. The molecule has 0 aromatic carbocycles. The van der Waals surface area contributed by atoms with E-state index in [0.29, 0.717) is 6.42 Å². The summed E-state index contributed by atoms with van der Waals surface area (Å²) in [6.07, 6.45) is 4.36. The van der Waals surface area contributed by atoms with E-state index < -0.39 is 0 Å². The highest BCUT2D eigenvalue weighted by Crippen LogP contribution is 2.11. The number of rotatable bonds is 2. The van der Waals surface area contributed by atoms with Crippen molar-refractivity contribution >= 4 is 5.65 Å². The molecule has 0 aliphatic carbocycles. The van der Waals surface area contributed by atoms with E-state index in [1.807, 2.05) is 20.0 Å². The summed E-state index contributed by atoms with van der Waals surface area (Å²) in [5.74, 6) is 0. The van der Waals surface area contributed by atoms with Crippen LogP contribution in [-0.4, -0.2) is 26.3 Å². The molecule has 0 aliphatic rings. The maximum Gasteiger partial charge on any atom is 0.158 e. The van der Waals surface area contributed by atoms with Crippen LogP contribution in [0.15, 0.2) is 12.4 Å². The molecule has 14 heavy (non-hydrogen) atoms. The van der Waals surface area contributed by atoms with Crippen LogP contribution in [0.4, 0.5) is 0 Å². The Labute approximate surface area is 82.2 Å². The second-order valence-electron chi connectivity index (χ2n) is 3.42. The largest absolute Gasteiger partial charge is 0.396 e. The Balaban J connectivity index is 2.60. The van der Waals surface area contributed by atoms with Gasteiger partial charge < -0.3 is 5.11 Å². The quantitative estimate of drug-likeness (QED) is 0.766. The second-order valence-corrected chi connectivity index (χ2v) is 3.42. The number of aliphatic hydroxyl groups is 1. The fraction of sp³-hybridized carbons (Fsp3) is 0.400. The van der Waals surface area contributed by atoms with E-state index in [9.17, 15) is 0 Å². The van der Waals surface area contributed by atoms with Crippen LogP contribution in [0.5, 0.6) is 0 Å². The fourth-order valence-corrected chi connectivity index (χ4v) is 1.51. The molecule has 0 spiro atoms. The average molecular weight is 191 g/mol. The molecule has 0 saturated carbocycles. The van der Waals surface area contributed by atoms with Gasteiger partial charge in [0.25, 0.3) is 0 Å². The number of aliphatic hydroxyl groups excluding tert-OH is 1. The molecule has 2 rings (SSSR count). The molecule has 0 fully saturated rings. The summed E-state index contributed by atoms with van der Waals surface area (Å²) in [5, 5.41) is 13.0. The van der Waals surface area contributed by atoms with Gasteiger partial charge in [-0.2, -0.15) is 5.10 Å². The first-order valence-corrected chi connectivity index (χ1v) is 4.63. The van der Waals surface area contributed by atoms with E-state index in [4.69, 9.17) is 5.11 Å². The van der Waals surface area contributed by atoms with Gasteiger partial charge in [0.1, 0.15) is 0 Å². The van der Waals surface area contributed by atoms with Gasteiger partial charge in [-0.05, 0) is 25.8 Å². The highest BCUT2D eigenvalue weighted by atomic mass is 16.2. The predicted octanol–water partition coefficient (Wildman–Crippen LogP) is 0.881. The highest BCUT2D eigenvalue weighted by molar-refractivity contribution is 5.46. The van der Waals surface area contributed by atoms with Crippen molar-refractivity contribution in [2.75, 3.05) is 6.61 Å². The Morgan fingerprint density at radius 3 is 2.93 bits per heavy atom. The van der Waals surface area contributed by atoms with E-state index in [1.54, 1.807) is 10.7 Å². The van der Waals surface area contributed by atoms with Gasteiger partial charge in [0.15, 0.2) is 5.65 Å². The highest BCUT2D eigenvalue weighted by Gasteiger charge is 2.05. The van der Waals surface area contributed by atoms with Crippen LogP contribution in [0.1, 0.15) is 16.8 Å². The van der Waals surface area contributed by atoms with Gasteiger partial charge >= 0.3 is 0 Å². The van der Waals surface area contributed by atoms with Crippen molar-refractivity contribution in [3.05, 3.63) is 29.2 Å². The van der Waals surface area contributed by atoms with E-state index in [0.717, 1.165) is 22.5 Å². The zero-order valence-electron chi connectivity index (χ0n) is 8.36. The summed E-state index contributed by atoms with van der Waals surface area (Å²) in [6, 6.07) is 0. The third kappa shape index (κ3) is 1.37. The molecule has 0 saturated heterocycles. The number of hydrogen-bond acceptors (Lipinski definition) is 3. The normalized spacial score (nSPS) is 11.1. The van der Waals surface area contributed by atoms with Gasteiger partial charge in [0, 0.05) is 24.1 Å². The molecule has 4 nitrogen and oxygen atoms in total. The van der Waals surface area contributed by atoms with Crippen molar-refractivity contribution in [1.29, 1.82) is 0 Å². The fourth-order valence-electron chi connectivity index (χ4n) is 1.51. The molecule has 0 radical (unpaired) electrons. The third-order valence-electron chi connectivity index (χ3n) is 2.34. The number of fused-ring (bicyclic) bond motifs is 1. The predicted molar refractivity (Wildman–Crippen MR) is 53.3 cm³/mol. The SMILES string of the molecule is Cc1nc2c(C)cnn2cc1CCO. The number of aryl methyl sites for hydroxylation is 2. The molecule has 0 bridgehead atoms. The van der Waals surface area contributed by atoms with Gasteiger partial charge in [0.2, 0.25) is 0 Å². The minimum atomic E-state index is 0.147. The summed E-state index contributed by atoms with van der Waals surface area (Å²) in [4.78, 5) is 4.44. The molecule has 0 aliphatic heterocycles. The summed E-state index contributed by atoms with van der Waals surface area (Å²) in [6.45, 7) is 4.09. The van der Waals surface area contributed by atoms with Crippen molar-refractivity contribution in [2.24, 2.45) is 0 Å². The molecule has 2 aromatic rings. The van der Waals surface area contributed by atoms with Crippen molar-refractivity contribution in [1.82, 2.24) is 14.6 Å². The maximum absolute atomic E-state index is 8.86. The molecule has 0 atom stereocenters. The van der Waals surface area contributed by atoms with Crippen LogP contribution >= 0.6 is 0 Å². The lowest BCUT2D eigenvalue weighted by Crippen LogP contribution is -2.01. The lowest BCUT2D eigenvalue weighted by atomic mass is 10.2. The summed E-state index contributed by atoms with van der Waals surface area (Å²) >= 11 is 0. The van der Waals surface area contributed by atoms with Gasteiger partial charge in [-0.25, -0.2) is 9.50 Å². The summed E-state index contributed by atoms with van der Waals surface area (Å²) in [7, 11) is 0. The van der Waals surface area contributed by atoms with Crippen molar-refractivity contribution < 1.29 is 5.11 Å². The summed E-state index contributed by atoms with van der Waals surface area (Å²) < 4.78 is 1.76. The molecular formula is C10H13N3O. The van der Waals surface area contributed by atoms with Crippen LogP contribution in [0, 0.1) is 13.8 Å². The van der Waals surface area contributed by atoms with Gasteiger partial charge in [0.05, 0.1) is 6.20 Å². The van der Waals surface area contributed by atoms with Crippen molar-refractivity contribution in [2.45, 2.75) is 20.3 Å². The molecule has 74 valence electrons. The Hall–Kier alpha value is -1.42. The van der Waals surface area contributed by atoms with Crippen molar-refractivity contribution in [3.63, 3.8) is 0 Å². The zero-order valence-corrected chi connectivity index (χ0v) is 8.36. The first-order chi connectivity index (χ1) is 6.72. The average Bonchev–Trinajstić information content (AvgIpc) is 2.50. The van der Waals surface area contributed by atoms with Crippen LogP contribution in [-0.2, 0) is 6.42 Å². The Morgan fingerprint density at radius 2 is 2.21 bits per heavy atom. The van der Waals surface area contributed by atoms with E-state index in [-0.39, 0.29) is 6.61 Å². The molecule has 0 unspecified atom stereocenters. The molecule has 1 N–H and O–H groups in total. The van der Waals surface area contributed by atoms with Crippen LogP contribution < -0.4 is 0 Å². The molecular weight excluding hydrogens is 178 g/mol. The second kappa shape index (κ2) is 3.38. The summed E-state index contributed by atoms with van der Waals surface area (Å²) in [5.41, 5.74) is 3.98. The first-order valence-electron chi connectivity index (χ1n) is 4.63. The molecule has 2 heterocycles. The van der Waals surface area contributed by atoms with Crippen molar-refractivity contribution in [3.8, 4) is 0 Å². The van der Waals surface area contributed by atoms with Crippen LogP contribution in [0.2, 0.25) is 0 Å². The van der Waals surface area contributed by atoms with Crippen LogP contribution in [0.3, 0.4) is 0 Å². The minimum absolute atomic E-state index is 0.147. The van der Waals surface area contributed by atoms with Gasteiger partial charge in [-0.3, -0.25) is 0 Å². The smallest absolute Gasteiger partial charge is 0.158 e. The van der Waals surface area contributed by atoms with Crippen LogP contribution in [0.25, 0.3) is 5.65 Å². The maximum atomic E-state index is 8.86. The van der Waals surface area contributed by atoms with Gasteiger partial charge in [-0.1, -0.05) is 0 Å². The Bertz CT molecular complexity index is 462. The number of aromatic nitrogens is 3. The number of nitrogens with zero attached hydrogens (tertiary/aromatic N) is 3. The molecule has 4 heteroatoms. The monoisotopic (exact) mass is 191 g/mol. The lowest BCUT2D eigenvalue weighted by molar-refractivity contribution is 0.299. The number of hydrogen-bond donors (Lipinski definition) is 1. The Morgan fingerprint density at radius 1 is 1.43 bits per heavy atom. The van der Waals surface area contributed by atoms with E-state index in [1.165, 1.54) is 0 Å². The first kappa shape index (κ1) is 9.15. The Kier molecular flexibility index (Phi) is 2.21. The minimum Gasteiger partial charge on any atom is -0.396 e. The van der Waals surface area contributed by atoms with E-state index in [2.05, 4.69) is 10.1 Å². The van der Waals surface area contributed by atoms with Gasteiger partial charge in [-0.15, -0.1) is 0 Å². The zero-order chi connectivity index (χ0) is 10.1. The lowest BCUT2D eigenvalue weighted by Gasteiger charge is -2.04. The molecule has 2 aromatic heterocycles. The van der Waals surface area contributed by atoms with E-state index >= 15 is 0 Å². The third-order valence-corrected chi connectivity index (χ3v) is 2.34. The molecule has 0 amide bonds. The topological polar surface area (TPSA) is 50.4 Å².